The molecule has 0 spiro atoms. The summed E-state index contributed by atoms with van der Waals surface area (Å²) in [6.07, 6.45) is 3.24. The van der Waals surface area contributed by atoms with Crippen molar-refractivity contribution in [2.75, 3.05) is 27.5 Å². The number of hydrogen-bond acceptors (Lipinski definition) is 9. The fraction of sp³-hybridized carbons (Fsp3) is 0.382. The number of nitrogens with zero attached hydrogens (tertiary/aromatic N) is 2. The number of methoxy groups -OCH3 is 1. The molecule has 10 heteroatoms. The van der Waals surface area contributed by atoms with Crippen LogP contribution in [0.25, 0.3) is 6.08 Å². The summed E-state index contributed by atoms with van der Waals surface area (Å²) in [5, 5.41) is 38.2. The average molecular weight is 600 g/mol. The van der Waals surface area contributed by atoms with Gasteiger partial charge in [0.1, 0.15) is 12.0 Å². The number of carbonyl (C=O) groups excluding carboxylic acids is 1. The molecule has 4 aliphatic rings. The lowest BCUT2D eigenvalue weighted by Gasteiger charge is -2.60. The molecule has 2 unspecified atom stereocenters. The number of phenols is 2. The molecule has 10 nitrogen and oxygen atoms in total. The molecule has 0 aromatic heterocycles. The molecule has 2 bridgehead atoms. The number of phenolic OH excluding ortho intramolecular Hbond substituents is 2. The van der Waals surface area contributed by atoms with E-state index in [1.807, 2.05) is 55.3 Å². The van der Waals surface area contributed by atoms with Crippen LogP contribution in [0.2, 0.25) is 0 Å². The Kier molecular flexibility index (Phi) is 6.95. The SMILES string of the molecule is COc1c(C)cc2c(c1O)[C@@H]1C3Cc4c(O)c(C)c5c(c4[C@H](CNC(=O)/C=C/c4ccccc4)N3C(O)[C@H](C2)N1C)OCO5. The van der Waals surface area contributed by atoms with E-state index >= 15 is 0 Å². The second-order valence-corrected chi connectivity index (χ2v) is 12.1. The summed E-state index contributed by atoms with van der Waals surface area (Å²) in [6.45, 7) is 3.87. The van der Waals surface area contributed by atoms with Crippen LogP contribution in [0.15, 0.2) is 42.5 Å². The lowest BCUT2D eigenvalue weighted by atomic mass is 9.73. The fourth-order valence-electron chi connectivity index (χ4n) is 7.84. The van der Waals surface area contributed by atoms with Crippen LogP contribution in [0, 0.1) is 13.8 Å². The number of likely N-dealkylation sites (N-methyl/N-ethyl adjacent to an activating group) is 1. The first kappa shape index (κ1) is 28.5. The Balaban J connectivity index is 1.33. The van der Waals surface area contributed by atoms with E-state index in [2.05, 4.69) is 10.2 Å². The van der Waals surface area contributed by atoms with Gasteiger partial charge in [0.15, 0.2) is 23.0 Å². The minimum Gasteiger partial charge on any atom is -0.507 e. The molecule has 0 saturated carbocycles. The van der Waals surface area contributed by atoms with Crippen LogP contribution in [-0.4, -0.2) is 76.8 Å². The van der Waals surface area contributed by atoms with Crippen LogP contribution in [0.5, 0.6) is 28.7 Å². The Labute approximate surface area is 256 Å². The molecule has 4 aliphatic heterocycles. The van der Waals surface area contributed by atoms with Gasteiger partial charge in [-0.25, -0.2) is 0 Å². The first-order valence-corrected chi connectivity index (χ1v) is 14.9. The van der Waals surface area contributed by atoms with E-state index in [1.54, 1.807) is 20.1 Å². The predicted octanol–water partition coefficient (Wildman–Crippen LogP) is 3.48. The van der Waals surface area contributed by atoms with Gasteiger partial charge in [0.2, 0.25) is 12.7 Å². The maximum atomic E-state index is 13.1. The number of amides is 1. The van der Waals surface area contributed by atoms with E-state index in [0.717, 1.165) is 22.3 Å². The number of hydrogen-bond donors (Lipinski definition) is 4. The Morgan fingerprint density at radius 1 is 1.07 bits per heavy atom. The topological polar surface area (TPSA) is 124 Å². The molecule has 3 aromatic carbocycles. The Morgan fingerprint density at radius 2 is 1.82 bits per heavy atom. The third-order valence-corrected chi connectivity index (χ3v) is 9.82. The summed E-state index contributed by atoms with van der Waals surface area (Å²) in [4.78, 5) is 17.2. The largest absolute Gasteiger partial charge is 0.507 e. The van der Waals surface area contributed by atoms with Crippen LogP contribution in [0.4, 0.5) is 0 Å². The van der Waals surface area contributed by atoms with Crippen LogP contribution in [0.3, 0.4) is 0 Å². The van der Waals surface area contributed by atoms with Crippen molar-refractivity contribution in [2.45, 2.75) is 57.1 Å². The standard InChI is InChI=1S/C34H37N3O7/c1-17-12-20-13-23-34(41)37-22(28(36(23)3)26(20)30(40)31(17)42-4)14-21-27(33-32(43-16-44-33)18(2)29(21)39)24(37)15-35-25(38)11-10-19-8-6-5-7-9-19/h5-12,22-24,28,34,39-41H,13-16H2,1-4H3,(H,35,38)/b11-10+/t22?,23-,24-,28-,34?/m0/s1. The van der Waals surface area contributed by atoms with Crippen LogP contribution in [-0.2, 0) is 17.6 Å². The smallest absolute Gasteiger partial charge is 0.244 e. The number of piperazine rings is 1. The van der Waals surface area contributed by atoms with Crippen molar-refractivity contribution in [2.24, 2.45) is 0 Å². The van der Waals surface area contributed by atoms with Gasteiger partial charge < -0.3 is 34.8 Å². The van der Waals surface area contributed by atoms with Gasteiger partial charge in [-0.05, 0) is 56.5 Å². The van der Waals surface area contributed by atoms with Crippen molar-refractivity contribution >= 4 is 12.0 Å². The van der Waals surface area contributed by atoms with Gasteiger partial charge in [0, 0.05) is 40.9 Å². The fourth-order valence-corrected chi connectivity index (χ4v) is 7.84. The molecule has 4 N–H and O–H groups in total. The van der Waals surface area contributed by atoms with E-state index in [1.165, 1.54) is 6.08 Å². The molecular formula is C34H37N3O7. The maximum absolute atomic E-state index is 13.1. The number of aliphatic hydroxyl groups is 1. The summed E-state index contributed by atoms with van der Waals surface area (Å²) < 4.78 is 17.4. The number of aromatic hydroxyl groups is 2. The summed E-state index contributed by atoms with van der Waals surface area (Å²) in [5.74, 6) is 1.37. The molecule has 230 valence electrons. The van der Waals surface area contributed by atoms with Gasteiger partial charge in [-0.3, -0.25) is 14.6 Å². The zero-order valence-electron chi connectivity index (χ0n) is 25.2. The zero-order valence-corrected chi connectivity index (χ0v) is 25.2. The molecule has 1 fully saturated rings. The van der Waals surface area contributed by atoms with Crippen molar-refractivity contribution in [1.82, 2.24) is 15.1 Å². The number of carbonyl (C=O) groups is 1. The quantitative estimate of drug-likeness (QED) is 0.327. The van der Waals surface area contributed by atoms with Crippen molar-refractivity contribution in [1.29, 1.82) is 0 Å². The zero-order chi connectivity index (χ0) is 30.9. The second kappa shape index (κ2) is 10.7. The van der Waals surface area contributed by atoms with Gasteiger partial charge in [0.05, 0.1) is 25.2 Å². The summed E-state index contributed by atoms with van der Waals surface area (Å²) >= 11 is 0. The van der Waals surface area contributed by atoms with Crippen LogP contribution in [0.1, 0.15) is 51.0 Å². The highest BCUT2D eigenvalue weighted by atomic mass is 16.7. The maximum Gasteiger partial charge on any atom is 0.244 e. The molecule has 5 atom stereocenters. The first-order valence-electron chi connectivity index (χ1n) is 14.9. The molecule has 1 amide bonds. The monoisotopic (exact) mass is 599 g/mol. The third kappa shape index (κ3) is 4.23. The molecule has 4 heterocycles. The summed E-state index contributed by atoms with van der Waals surface area (Å²) in [6, 6.07) is 10.1. The number of fused-ring (bicyclic) bond motifs is 9. The number of aliphatic hydroxyl groups excluding tert-OH is 1. The van der Waals surface area contributed by atoms with E-state index in [-0.39, 0.29) is 48.9 Å². The Morgan fingerprint density at radius 3 is 2.57 bits per heavy atom. The lowest BCUT2D eigenvalue weighted by molar-refractivity contribution is -0.172. The van der Waals surface area contributed by atoms with Gasteiger partial charge >= 0.3 is 0 Å². The van der Waals surface area contributed by atoms with E-state index in [4.69, 9.17) is 14.2 Å². The number of aryl methyl sites for hydroxylation is 1. The van der Waals surface area contributed by atoms with Gasteiger partial charge in [-0.1, -0.05) is 36.4 Å². The first-order chi connectivity index (χ1) is 21.2. The second-order valence-electron chi connectivity index (χ2n) is 12.1. The number of rotatable bonds is 5. The van der Waals surface area contributed by atoms with Gasteiger partial charge in [0.25, 0.3) is 0 Å². The van der Waals surface area contributed by atoms with Crippen LogP contribution < -0.4 is 19.5 Å². The van der Waals surface area contributed by atoms with E-state index in [9.17, 15) is 20.1 Å². The highest BCUT2D eigenvalue weighted by molar-refractivity contribution is 5.91. The highest BCUT2D eigenvalue weighted by Crippen LogP contribution is 2.57. The molecule has 7 rings (SSSR count). The Bertz CT molecular complexity index is 1670. The minimum atomic E-state index is -0.907. The number of nitrogens with one attached hydrogen (secondary N) is 1. The van der Waals surface area contributed by atoms with Crippen molar-refractivity contribution in [3.05, 3.63) is 81.4 Å². The molecular weight excluding hydrogens is 562 g/mol. The normalized spacial score (nSPS) is 25.3. The lowest BCUT2D eigenvalue weighted by Crippen LogP contribution is -2.69. The molecule has 44 heavy (non-hydrogen) atoms. The molecule has 0 radical (unpaired) electrons. The van der Waals surface area contributed by atoms with Gasteiger partial charge in [-0.15, -0.1) is 0 Å². The Hall–Kier alpha value is -4.25. The minimum absolute atomic E-state index is 0.0192. The number of benzene rings is 3. The summed E-state index contributed by atoms with van der Waals surface area (Å²) in [7, 11) is 3.52. The number of ether oxygens (including phenoxy) is 3. The van der Waals surface area contributed by atoms with E-state index in [0.29, 0.717) is 46.8 Å². The third-order valence-electron chi connectivity index (χ3n) is 9.82. The van der Waals surface area contributed by atoms with Crippen molar-refractivity contribution in [3.8, 4) is 28.7 Å². The average Bonchev–Trinajstić information content (AvgIpc) is 3.51. The van der Waals surface area contributed by atoms with Crippen molar-refractivity contribution < 1.29 is 34.3 Å². The van der Waals surface area contributed by atoms with Gasteiger partial charge in [-0.2, -0.15) is 0 Å². The summed E-state index contributed by atoms with van der Waals surface area (Å²) in [5.41, 5.74) is 5.46. The molecule has 3 aromatic rings. The predicted molar refractivity (Wildman–Crippen MR) is 163 cm³/mol. The molecule has 1 saturated heterocycles. The van der Waals surface area contributed by atoms with E-state index < -0.39 is 12.3 Å². The van der Waals surface area contributed by atoms with Crippen molar-refractivity contribution in [3.63, 3.8) is 0 Å². The highest BCUT2D eigenvalue weighted by Gasteiger charge is 2.56. The molecule has 0 aliphatic carbocycles. The van der Waals surface area contributed by atoms with Crippen LogP contribution >= 0.6 is 0 Å².